The molecule has 0 aromatic rings. The molecule has 0 aromatic heterocycles. The average molecular weight is 249 g/mol. The molecule has 0 saturated heterocycles. The predicted molar refractivity (Wildman–Crippen MR) is 65.2 cm³/mol. The monoisotopic (exact) mass is 249 g/mol. The molecule has 1 fully saturated rings. The minimum atomic E-state index is -2.88. The standard InChI is InChI=1S/C11H23NO3S/c1-12(7-8-16(2,14)15)9-10-5-3-4-6-11(10)13/h10-11,13H,3-9H2,1-2H3. The van der Waals surface area contributed by atoms with Crippen molar-refractivity contribution in [3.63, 3.8) is 0 Å². The largest absolute Gasteiger partial charge is 0.393 e. The Hall–Kier alpha value is -0.130. The third kappa shape index (κ3) is 5.27. The minimum Gasteiger partial charge on any atom is -0.393 e. The number of aliphatic hydroxyl groups is 1. The first-order chi connectivity index (χ1) is 7.38. The van der Waals surface area contributed by atoms with Gasteiger partial charge in [0.05, 0.1) is 11.9 Å². The van der Waals surface area contributed by atoms with Gasteiger partial charge in [-0.2, -0.15) is 0 Å². The molecule has 0 heterocycles. The first-order valence-corrected chi connectivity index (χ1v) is 7.99. The normalized spacial score (nSPS) is 27.2. The molecule has 0 bridgehead atoms. The highest BCUT2D eigenvalue weighted by molar-refractivity contribution is 7.90. The Morgan fingerprint density at radius 1 is 1.31 bits per heavy atom. The van der Waals surface area contributed by atoms with Crippen LogP contribution < -0.4 is 0 Å². The zero-order chi connectivity index (χ0) is 12.2. The SMILES string of the molecule is CN(CCS(C)(=O)=O)CC1CCCCC1O. The van der Waals surface area contributed by atoms with Crippen molar-refractivity contribution in [2.75, 3.05) is 32.1 Å². The Bertz CT molecular complexity index is 302. The van der Waals surface area contributed by atoms with Gasteiger partial charge in [-0.1, -0.05) is 12.8 Å². The van der Waals surface area contributed by atoms with E-state index in [1.54, 1.807) is 0 Å². The minimum absolute atomic E-state index is 0.200. The summed E-state index contributed by atoms with van der Waals surface area (Å²) in [6.45, 7) is 1.36. The van der Waals surface area contributed by atoms with Crippen molar-refractivity contribution in [1.29, 1.82) is 0 Å². The van der Waals surface area contributed by atoms with Crippen LogP contribution in [0.5, 0.6) is 0 Å². The third-order valence-electron chi connectivity index (χ3n) is 3.26. The lowest BCUT2D eigenvalue weighted by atomic mass is 9.86. The van der Waals surface area contributed by atoms with Crippen LogP contribution in [0.1, 0.15) is 25.7 Å². The highest BCUT2D eigenvalue weighted by Crippen LogP contribution is 2.24. The van der Waals surface area contributed by atoms with Crippen LogP contribution in [0.15, 0.2) is 0 Å². The van der Waals surface area contributed by atoms with Crippen LogP contribution in [-0.4, -0.2) is 56.7 Å². The summed E-state index contributed by atoms with van der Waals surface area (Å²) in [4.78, 5) is 2.01. The summed E-state index contributed by atoms with van der Waals surface area (Å²) in [5, 5.41) is 9.80. The van der Waals surface area contributed by atoms with E-state index in [1.807, 2.05) is 11.9 Å². The van der Waals surface area contributed by atoms with Gasteiger partial charge in [-0.25, -0.2) is 8.42 Å². The summed E-state index contributed by atoms with van der Waals surface area (Å²) >= 11 is 0. The van der Waals surface area contributed by atoms with Crippen LogP contribution >= 0.6 is 0 Å². The van der Waals surface area contributed by atoms with Crippen LogP contribution in [0.3, 0.4) is 0 Å². The maximum atomic E-state index is 11.0. The average Bonchev–Trinajstić information content (AvgIpc) is 2.18. The van der Waals surface area contributed by atoms with Gasteiger partial charge in [0, 0.05) is 19.3 Å². The van der Waals surface area contributed by atoms with E-state index in [9.17, 15) is 13.5 Å². The Morgan fingerprint density at radius 3 is 2.50 bits per heavy atom. The zero-order valence-electron chi connectivity index (χ0n) is 10.2. The maximum Gasteiger partial charge on any atom is 0.148 e. The number of sulfone groups is 1. The summed E-state index contributed by atoms with van der Waals surface area (Å²) < 4.78 is 22.0. The van der Waals surface area contributed by atoms with Gasteiger partial charge < -0.3 is 10.0 Å². The van der Waals surface area contributed by atoms with E-state index in [0.717, 1.165) is 25.8 Å². The molecular formula is C11H23NO3S. The molecule has 0 aromatic carbocycles. The van der Waals surface area contributed by atoms with Crippen LogP contribution in [0.4, 0.5) is 0 Å². The molecule has 2 atom stereocenters. The van der Waals surface area contributed by atoms with Crippen LogP contribution in [0.25, 0.3) is 0 Å². The molecule has 0 radical (unpaired) electrons. The quantitative estimate of drug-likeness (QED) is 0.771. The third-order valence-corrected chi connectivity index (χ3v) is 4.18. The second-order valence-electron chi connectivity index (χ2n) is 5.00. The van der Waals surface area contributed by atoms with Crippen LogP contribution in [-0.2, 0) is 9.84 Å². The molecule has 5 heteroatoms. The topological polar surface area (TPSA) is 57.6 Å². The lowest BCUT2D eigenvalue weighted by Crippen LogP contribution is -2.36. The second kappa shape index (κ2) is 5.98. The van der Waals surface area contributed by atoms with Gasteiger partial charge in [0.15, 0.2) is 0 Å². The van der Waals surface area contributed by atoms with Gasteiger partial charge in [0.2, 0.25) is 0 Å². The van der Waals surface area contributed by atoms with Gasteiger partial charge in [0.1, 0.15) is 9.84 Å². The molecular weight excluding hydrogens is 226 g/mol. The predicted octanol–water partition coefficient (Wildman–Crippen LogP) is 0.514. The molecule has 0 spiro atoms. The van der Waals surface area contributed by atoms with E-state index in [0.29, 0.717) is 12.5 Å². The smallest absolute Gasteiger partial charge is 0.148 e. The van der Waals surface area contributed by atoms with Gasteiger partial charge in [-0.3, -0.25) is 0 Å². The van der Waals surface area contributed by atoms with E-state index in [-0.39, 0.29) is 11.9 Å². The van der Waals surface area contributed by atoms with E-state index in [2.05, 4.69) is 0 Å². The fraction of sp³-hybridized carbons (Fsp3) is 1.00. The fourth-order valence-corrected chi connectivity index (χ4v) is 2.86. The summed E-state index contributed by atoms with van der Waals surface area (Å²) in [7, 11) is -0.955. The Balaban J connectivity index is 2.30. The van der Waals surface area contributed by atoms with Gasteiger partial charge in [-0.05, 0) is 25.8 Å². The van der Waals surface area contributed by atoms with E-state index in [4.69, 9.17) is 0 Å². The first kappa shape index (κ1) is 13.9. The molecule has 1 rings (SSSR count). The molecule has 1 aliphatic carbocycles. The number of aliphatic hydroxyl groups excluding tert-OH is 1. The van der Waals surface area contributed by atoms with Crippen molar-refractivity contribution in [2.24, 2.45) is 5.92 Å². The van der Waals surface area contributed by atoms with E-state index < -0.39 is 9.84 Å². The lowest BCUT2D eigenvalue weighted by Gasteiger charge is -2.31. The molecule has 0 amide bonds. The molecule has 4 nitrogen and oxygen atoms in total. The highest BCUT2D eigenvalue weighted by Gasteiger charge is 2.24. The maximum absolute atomic E-state index is 11.0. The van der Waals surface area contributed by atoms with Crippen molar-refractivity contribution < 1.29 is 13.5 Å². The number of nitrogens with zero attached hydrogens (tertiary/aromatic N) is 1. The highest BCUT2D eigenvalue weighted by atomic mass is 32.2. The summed E-state index contributed by atoms with van der Waals surface area (Å²) in [5.41, 5.74) is 0. The Labute approximate surface area is 98.6 Å². The lowest BCUT2D eigenvalue weighted by molar-refractivity contribution is 0.0525. The van der Waals surface area contributed by atoms with Gasteiger partial charge in [0.25, 0.3) is 0 Å². The van der Waals surface area contributed by atoms with Gasteiger partial charge in [-0.15, -0.1) is 0 Å². The molecule has 1 N–H and O–H groups in total. The number of hydrogen-bond acceptors (Lipinski definition) is 4. The van der Waals surface area contributed by atoms with E-state index >= 15 is 0 Å². The van der Waals surface area contributed by atoms with Crippen LogP contribution in [0.2, 0.25) is 0 Å². The summed E-state index contributed by atoms with van der Waals surface area (Å²) in [6, 6.07) is 0. The van der Waals surface area contributed by atoms with Crippen molar-refractivity contribution in [2.45, 2.75) is 31.8 Å². The number of hydrogen-bond donors (Lipinski definition) is 1. The van der Waals surface area contributed by atoms with Crippen molar-refractivity contribution >= 4 is 9.84 Å². The van der Waals surface area contributed by atoms with Gasteiger partial charge >= 0.3 is 0 Å². The summed E-state index contributed by atoms with van der Waals surface area (Å²) in [6.07, 6.45) is 5.31. The van der Waals surface area contributed by atoms with Crippen molar-refractivity contribution in [3.05, 3.63) is 0 Å². The Morgan fingerprint density at radius 2 is 1.94 bits per heavy atom. The zero-order valence-corrected chi connectivity index (χ0v) is 11.0. The molecule has 2 unspecified atom stereocenters. The van der Waals surface area contributed by atoms with Crippen molar-refractivity contribution in [3.8, 4) is 0 Å². The molecule has 1 saturated carbocycles. The van der Waals surface area contributed by atoms with Crippen LogP contribution in [0, 0.1) is 5.92 Å². The molecule has 0 aliphatic heterocycles. The Kier molecular flexibility index (Phi) is 5.21. The summed E-state index contributed by atoms with van der Waals surface area (Å²) in [5.74, 6) is 0.519. The first-order valence-electron chi connectivity index (χ1n) is 5.93. The number of rotatable bonds is 5. The molecule has 96 valence electrons. The second-order valence-corrected chi connectivity index (χ2v) is 7.26. The fourth-order valence-electron chi connectivity index (χ4n) is 2.21. The van der Waals surface area contributed by atoms with E-state index in [1.165, 1.54) is 12.7 Å². The molecule has 16 heavy (non-hydrogen) atoms. The van der Waals surface area contributed by atoms with Crippen molar-refractivity contribution in [1.82, 2.24) is 4.90 Å². The molecule has 1 aliphatic rings.